The normalized spacial score (nSPS) is 11.5. The Morgan fingerprint density at radius 1 is 1.06 bits per heavy atom. The van der Waals surface area contributed by atoms with Gasteiger partial charge in [0.2, 0.25) is 0 Å². The van der Waals surface area contributed by atoms with Crippen LogP contribution in [0.1, 0.15) is 27.2 Å². The fraction of sp³-hybridized carbons (Fsp3) is 0.0435. The number of H-pyrrole nitrogens is 1. The van der Waals surface area contributed by atoms with E-state index in [0.717, 1.165) is 5.56 Å². The van der Waals surface area contributed by atoms with Gasteiger partial charge in [0.05, 0.1) is 11.0 Å². The predicted octanol–water partition coefficient (Wildman–Crippen LogP) is 3.96. The van der Waals surface area contributed by atoms with Crippen LogP contribution < -0.4 is 10.9 Å². The Bertz CT molecular complexity index is 1330. The Hall–Kier alpha value is -3.97. The molecule has 2 aromatic heterocycles. The van der Waals surface area contributed by atoms with Crippen LogP contribution in [0.5, 0.6) is 0 Å². The minimum atomic E-state index is -0.484. The van der Waals surface area contributed by atoms with E-state index < -0.39 is 5.56 Å². The molecule has 0 radical (unpaired) electrons. The maximum Gasteiger partial charge on any atom is 0.274 e. The second-order valence-corrected chi connectivity index (χ2v) is 7.19. The van der Waals surface area contributed by atoms with E-state index in [4.69, 9.17) is 11.6 Å². The van der Waals surface area contributed by atoms with Crippen molar-refractivity contribution in [3.8, 4) is 0 Å². The Morgan fingerprint density at radius 2 is 1.77 bits per heavy atom. The SMILES string of the molecule is O=C(NCc1ccncc1)c1ccc2nc(/C=C(\O)c3ccc(Cl)cc3)c(=O)[nH]c2c1. The maximum atomic E-state index is 12.4. The molecule has 7 nitrogen and oxygen atoms in total. The molecule has 0 fully saturated rings. The van der Waals surface area contributed by atoms with Crippen molar-refractivity contribution in [1.82, 2.24) is 20.3 Å². The van der Waals surface area contributed by atoms with Crippen LogP contribution in [0.3, 0.4) is 0 Å². The van der Waals surface area contributed by atoms with Crippen LogP contribution in [0.4, 0.5) is 0 Å². The van der Waals surface area contributed by atoms with E-state index in [1.807, 2.05) is 12.1 Å². The Morgan fingerprint density at radius 3 is 2.52 bits per heavy atom. The molecule has 1 amide bonds. The van der Waals surface area contributed by atoms with Crippen LogP contribution in [0, 0.1) is 0 Å². The standard InChI is InChI=1S/C23H17ClN4O3/c24-17-4-1-15(2-5-17)21(29)12-20-23(31)28-19-11-16(3-6-18(19)27-20)22(30)26-13-14-7-9-25-10-8-14/h1-12,29H,13H2,(H,26,30)(H,28,31)/b21-12-. The molecule has 0 atom stereocenters. The summed E-state index contributed by atoms with van der Waals surface area (Å²) in [6.45, 7) is 0.363. The van der Waals surface area contributed by atoms with Gasteiger partial charge in [-0.3, -0.25) is 14.6 Å². The van der Waals surface area contributed by atoms with E-state index in [9.17, 15) is 14.7 Å². The number of nitrogens with zero attached hydrogens (tertiary/aromatic N) is 2. The number of carbonyl (C=O) groups excluding carboxylic acids is 1. The summed E-state index contributed by atoms with van der Waals surface area (Å²) in [5.41, 5.74) is 2.30. The number of aliphatic hydroxyl groups is 1. The molecular weight excluding hydrogens is 416 g/mol. The van der Waals surface area contributed by atoms with Crippen LogP contribution in [-0.2, 0) is 6.54 Å². The zero-order valence-corrected chi connectivity index (χ0v) is 16.9. The van der Waals surface area contributed by atoms with Gasteiger partial charge in [0.15, 0.2) is 0 Å². The number of pyridine rings is 1. The number of fused-ring (bicyclic) bond motifs is 1. The molecule has 0 bridgehead atoms. The minimum Gasteiger partial charge on any atom is -0.507 e. The van der Waals surface area contributed by atoms with Crippen LogP contribution >= 0.6 is 11.6 Å². The van der Waals surface area contributed by atoms with Gasteiger partial charge < -0.3 is 15.4 Å². The average Bonchev–Trinajstić information content (AvgIpc) is 2.78. The smallest absolute Gasteiger partial charge is 0.274 e. The van der Waals surface area contributed by atoms with E-state index in [-0.39, 0.29) is 17.4 Å². The number of amides is 1. The summed E-state index contributed by atoms with van der Waals surface area (Å²) in [6, 6.07) is 15.0. The highest BCUT2D eigenvalue weighted by atomic mass is 35.5. The Labute approximate surface area is 182 Å². The van der Waals surface area contributed by atoms with Crippen molar-refractivity contribution in [2.45, 2.75) is 6.54 Å². The Balaban J connectivity index is 1.57. The van der Waals surface area contributed by atoms with Crippen LogP contribution in [0.25, 0.3) is 22.9 Å². The third-order valence-corrected chi connectivity index (χ3v) is 4.85. The minimum absolute atomic E-state index is 0.0508. The number of aromatic nitrogens is 3. The summed E-state index contributed by atoms with van der Waals surface area (Å²) in [5.74, 6) is -0.384. The molecule has 0 saturated carbocycles. The molecule has 0 aliphatic rings. The largest absolute Gasteiger partial charge is 0.507 e. The molecule has 0 aliphatic heterocycles. The summed E-state index contributed by atoms with van der Waals surface area (Å²) in [6.07, 6.45) is 4.60. The second-order valence-electron chi connectivity index (χ2n) is 6.76. The lowest BCUT2D eigenvalue weighted by molar-refractivity contribution is 0.0951. The molecule has 31 heavy (non-hydrogen) atoms. The van der Waals surface area contributed by atoms with Gasteiger partial charge >= 0.3 is 0 Å². The van der Waals surface area contributed by atoms with E-state index >= 15 is 0 Å². The van der Waals surface area contributed by atoms with Gasteiger partial charge in [0.1, 0.15) is 11.5 Å². The van der Waals surface area contributed by atoms with Gasteiger partial charge in [-0.2, -0.15) is 0 Å². The number of aliphatic hydroxyl groups excluding tert-OH is 1. The van der Waals surface area contributed by atoms with Crippen molar-refractivity contribution in [2.24, 2.45) is 0 Å². The van der Waals surface area contributed by atoms with Crippen molar-refractivity contribution in [1.29, 1.82) is 0 Å². The lowest BCUT2D eigenvalue weighted by Crippen LogP contribution is -2.23. The highest BCUT2D eigenvalue weighted by Gasteiger charge is 2.10. The average molecular weight is 433 g/mol. The number of hydrogen-bond donors (Lipinski definition) is 3. The van der Waals surface area contributed by atoms with Crippen LogP contribution in [0.2, 0.25) is 5.02 Å². The third-order valence-electron chi connectivity index (χ3n) is 4.60. The topological polar surface area (TPSA) is 108 Å². The first-order valence-corrected chi connectivity index (χ1v) is 9.75. The summed E-state index contributed by atoms with van der Waals surface area (Å²) < 4.78 is 0. The number of rotatable bonds is 5. The monoisotopic (exact) mass is 432 g/mol. The van der Waals surface area contributed by atoms with Gasteiger partial charge in [-0.15, -0.1) is 0 Å². The summed E-state index contributed by atoms with van der Waals surface area (Å²) >= 11 is 5.85. The van der Waals surface area contributed by atoms with Gasteiger partial charge in [-0.05, 0) is 60.2 Å². The van der Waals surface area contributed by atoms with Crippen molar-refractivity contribution in [2.75, 3.05) is 0 Å². The molecule has 0 aliphatic carbocycles. The molecular formula is C23H17ClN4O3. The van der Waals surface area contributed by atoms with E-state index in [1.165, 1.54) is 6.08 Å². The first-order valence-electron chi connectivity index (χ1n) is 9.37. The van der Waals surface area contributed by atoms with E-state index in [1.54, 1.807) is 54.9 Å². The van der Waals surface area contributed by atoms with Gasteiger partial charge in [-0.25, -0.2) is 4.98 Å². The molecule has 0 spiro atoms. The summed E-state index contributed by atoms with van der Waals surface area (Å²) in [5, 5.41) is 13.7. The molecule has 4 aromatic rings. The van der Waals surface area contributed by atoms with Crippen LogP contribution in [-0.4, -0.2) is 26.0 Å². The highest BCUT2D eigenvalue weighted by molar-refractivity contribution is 6.30. The van der Waals surface area contributed by atoms with E-state index in [0.29, 0.717) is 33.7 Å². The van der Waals surface area contributed by atoms with Crippen molar-refractivity contribution >= 4 is 40.4 Å². The first-order chi connectivity index (χ1) is 15.0. The van der Waals surface area contributed by atoms with Crippen molar-refractivity contribution in [3.63, 3.8) is 0 Å². The molecule has 0 unspecified atom stereocenters. The fourth-order valence-corrected chi connectivity index (χ4v) is 3.08. The molecule has 4 rings (SSSR count). The predicted molar refractivity (Wildman–Crippen MR) is 120 cm³/mol. The Kier molecular flexibility index (Phi) is 5.77. The number of carbonyl (C=O) groups is 1. The van der Waals surface area contributed by atoms with Gasteiger partial charge in [0.25, 0.3) is 11.5 Å². The van der Waals surface area contributed by atoms with Crippen molar-refractivity contribution < 1.29 is 9.90 Å². The quantitative estimate of drug-likeness (QED) is 0.414. The third kappa shape index (κ3) is 4.79. The van der Waals surface area contributed by atoms with E-state index in [2.05, 4.69) is 20.3 Å². The first kappa shape index (κ1) is 20.3. The van der Waals surface area contributed by atoms with Gasteiger partial charge in [-0.1, -0.05) is 11.6 Å². The lowest BCUT2D eigenvalue weighted by Gasteiger charge is -2.07. The number of halogens is 1. The summed E-state index contributed by atoms with van der Waals surface area (Å²) in [7, 11) is 0. The zero-order chi connectivity index (χ0) is 21.8. The molecule has 3 N–H and O–H groups in total. The van der Waals surface area contributed by atoms with Crippen molar-refractivity contribution in [3.05, 3.63) is 105 Å². The molecule has 2 heterocycles. The molecule has 154 valence electrons. The highest BCUT2D eigenvalue weighted by Crippen LogP contribution is 2.18. The number of hydrogen-bond acceptors (Lipinski definition) is 5. The summed E-state index contributed by atoms with van der Waals surface area (Å²) in [4.78, 5) is 35.9. The second kappa shape index (κ2) is 8.81. The zero-order valence-electron chi connectivity index (χ0n) is 16.2. The van der Waals surface area contributed by atoms with Crippen LogP contribution in [0.15, 0.2) is 71.8 Å². The molecule has 8 heteroatoms. The molecule has 2 aromatic carbocycles. The number of aromatic amines is 1. The maximum absolute atomic E-state index is 12.4. The van der Waals surface area contributed by atoms with Gasteiger partial charge in [0, 0.05) is 41.2 Å². The number of benzene rings is 2. The fourth-order valence-electron chi connectivity index (χ4n) is 2.96. The number of nitrogens with one attached hydrogen (secondary N) is 2. The lowest BCUT2D eigenvalue weighted by atomic mass is 10.1. The molecule has 0 saturated heterocycles.